The second kappa shape index (κ2) is 9.09. The highest BCUT2D eigenvalue weighted by Gasteiger charge is 2.79. The number of nitrogens with one attached hydrogen (secondary N) is 2. The molecule has 10 heteroatoms. The highest BCUT2D eigenvalue weighted by atomic mass is 19.1. The number of aliphatic hydroxyl groups excluding tert-OH is 1. The summed E-state index contributed by atoms with van der Waals surface area (Å²) in [6, 6.07) is 15.9. The first-order valence-electron chi connectivity index (χ1n) is 13.7. The number of benzene rings is 2. The van der Waals surface area contributed by atoms with Gasteiger partial charge in [0, 0.05) is 30.5 Å². The fraction of sp³-hybridized carbons (Fsp3) is 0.355. The molecule has 0 radical (unpaired) electrons. The molecule has 2 aromatic heterocycles. The van der Waals surface area contributed by atoms with Gasteiger partial charge in [0.25, 0.3) is 0 Å². The predicted molar refractivity (Wildman–Crippen MR) is 149 cm³/mol. The molecule has 2 aromatic carbocycles. The van der Waals surface area contributed by atoms with Crippen molar-refractivity contribution in [3.63, 3.8) is 0 Å². The van der Waals surface area contributed by atoms with E-state index in [2.05, 4.69) is 49.6 Å². The maximum atomic E-state index is 13.7. The van der Waals surface area contributed by atoms with Crippen LogP contribution in [0.5, 0.6) is 0 Å². The third-order valence-electron chi connectivity index (χ3n) is 8.98. The van der Waals surface area contributed by atoms with E-state index in [1.54, 1.807) is 30.0 Å². The van der Waals surface area contributed by atoms with E-state index >= 15 is 0 Å². The van der Waals surface area contributed by atoms with Crippen molar-refractivity contribution >= 4 is 22.9 Å². The van der Waals surface area contributed by atoms with Crippen molar-refractivity contribution < 1.29 is 19.4 Å². The smallest absolute Gasteiger partial charge is 0.228 e. The van der Waals surface area contributed by atoms with Gasteiger partial charge >= 0.3 is 0 Å². The van der Waals surface area contributed by atoms with Crippen LogP contribution in [0.15, 0.2) is 60.9 Å². The van der Waals surface area contributed by atoms with Crippen LogP contribution >= 0.6 is 0 Å². The Labute approximate surface area is 235 Å². The monoisotopic (exact) mass is 552 g/mol. The molecule has 3 aliphatic carbocycles. The van der Waals surface area contributed by atoms with Gasteiger partial charge in [-0.2, -0.15) is 0 Å². The molecule has 4 aromatic rings. The summed E-state index contributed by atoms with van der Waals surface area (Å²) >= 11 is 0. The van der Waals surface area contributed by atoms with Crippen molar-refractivity contribution in [3.05, 3.63) is 83.7 Å². The molecule has 3 fully saturated rings. The van der Waals surface area contributed by atoms with E-state index in [1.165, 1.54) is 24.7 Å². The zero-order chi connectivity index (χ0) is 28.5. The molecule has 7 atom stereocenters. The van der Waals surface area contributed by atoms with Crippen LogP contribution in [0.3, 0.4) is 0 Å². The number of carbonyl (C=O) groups excluding carboxylic acids is 1. The van der Waals surface area contributed by atoms with Crippen LogP contribution < -0.4 is 10.6 Å². The molecule has 208 valence electrons. The molecule has 0 aliphatic heterocycles. The molecule has 0 bridgehead atoms. The van der Waals surface area contributed by atoms with Crippen molar-refractivity contribution in [2.75, 3.05) is 12.4 Å². The Balaban J connectivity index is 1.25. The van der Waals surface area contributed by atoms with Crippen LogP contribution in [0, 0.1) is 29.0 Å². The van der Waals surface area contributed by atoms with Crippen LogP contribution in [-0.4, -0.2) is 60.4 Å². The minimum Gasteiger partial charge on any atom is -0.389 e. The third-order valence-corrected chi connectivity index (χ3v) is 8.98. The van der Waals surface area contributed by atoms with E-state index in [0.717, 1.165) is 6.42 Å². The van der Waals surface area contributed by atoms with E-state index in [1.807, 2.05) is 18.2 Å². The molecule has 0 saturated heterocycles. The summed E-state index contributed by atoms with van der Waals surface area (Å²) in [7, 11) is 1.52. The standard InChI is InChI=1S/C31H29FN6O3/c1-30(29(40)33-2)15-21-25(31(21,41)28(30)39)38-16-34-24-26(35-22-14-20(22)18-8-4-3-5-9-18)36-23(37-27(24)38)12-11-17-7-6-10-19(32)13-17/h3-10,13,16,20-22,25,28,39,41H,14-15H2,1-2H3,(H,33,40)(H,35,36,37). The minimum absolute atomic E-state index is 0.157. The summed E-state index contributed by atoms with van der Waals surface area (Å²) in [5.74, 6) is 5.93. The Morgan fingerprint density at radius 3 is 2.66 bits per heavy atom. The second-order valence-corrected chi connectivity index (χ2v) is 11.5. The quantitative estimate of drug-likeness (QED) is 0.281. The van der Waals surface area contributed by atoms with Crippen LogP contribution in [0.2, 0.25) is 0 Å². The van der Waals surface area contributed by atoms with Gasteiger partial charge in [-0.05, 0) is 49.4 Å². The van der Waals surface area contributed by atoms with Crippen molar-refractivity contribution in [2.45, 2.75) is 49.5 Å². The van der Waals surface area contributed by atoms with E-state index in [0.29, 0.717) is 34.9 Å². The van der Waals surface area contributed by atoms with Gasteiger partial charge < -0.3 is 25.4 Å². The number of nitrogens with zero attached hydrogens (tertiary/aromatic N) is 4. The molecule has 2 heterocycles. The summed E-state index contributed by atoms with van der Waals surface area (Å²) in [5.41, 5.74) is 0.138. The number of aromatic nitrogens is 4. The lowest BCUT2D eigenvalue weighted by Gasteiger charge is -2.32. The maximum absolute atomic E-state index is 13.7. The number of hydrogen-bond donors (Lipinski definition) is 4. The Bertz CT molecular complexity index is 1750. The van der Waals surface area contributed by atoms with Gasteiger partial charge in [0.15, 0.2) is 17.0 Å². The molecule has 1 amide bonds. The highest BCUT2D eigenvalue weighted by Crippen LogP contribution is 2.69. The number of imidazole rings is 1. The Morgan fingerprint density at radius 2 is 1.95 bits per heavy atom. The maximum Gasteiger partial charge on any atom is 0.228 e. The first kappa shape index (κ1) is 25.6. The molecule has 0 spiro atoms. The first-order chi connectivity index (χ1) is 19.7. The van der Waals surface area contributed by atoms with Crippen molar-refractivity contribution in [1.29, 1.82) is 0 Å². The number of rotatable bonds is 5. The zero-order valence-electron chi connectivity index (χ0n) is 22.5. The van der Waals surface area contributed by atoms with Crippen molar-refractivity contribution in [2.24, 2.45) is 11.3 Å². The van der Waals surface area contributed by atoms with Crippen LogP contribution in [-0.2, 0) is 4.79 Å². The lowest BCUT2D eigenvalue weighted by molar-refractivity contribution is -0.140. The Morgan fingerprint density at radius 1 is 1.15 bits per heavy atom. The van der Waals surface area contributed by atoms with Gasteiger partial charge in [-0.15, -0.1) is 0 Å². The fourth-order valence-corrected chi connectivity index (χ4v) is 6.65. The number of carbonyl (C=O) groups is 1. The van der Waals surface area contributed by atoms with E-state index < -0.39 is 23.2 Å². The van der Waals surface area contributed by atoms with Gasteiger partial charge in [0.2, 0.25) is 11.7 Å². The number of aliphatic hydroxyl groups is 2. The number of anilines is 1. The van der Waals surface area contributed by atoms with Crippen molar-refractivity contribution in [1.82, 2.24) is 24.8 Å². The molecule has 4 N–H and O–H groups in total. The molecule has 7 rings (SSSR count). The van der Waals surface area contributed by atoms with Gasteiger partial charge in [0.05, 0.1) is 23.9 Å². The largest absolute Gasteiger partial charge is 0.389 e. The minimum atomic E-state index is -1.49. The van der Waals surface area contributed by atoms with Gasteiger partial charge in [-0.3, -0.25) is 4.79 Å². The zero-order valence-corrected chi connectivity index (χ0v) is 22.5. The molecule has 41 heavy (non-hydrogen) atoms. The van der Waals surface area contributed by atoms with Gasteiger partial charge in [0.1, 0.15) is 11.4 Å². The number of hydrogen-bond acceptors (Lipinski definition) is 7. The summed E-state index contributed by atoms with van der Waals surface area (Å²) < 4.78 is 15.5. The SMILES string of the molecule is CNC(=O)C1(C)CC2C(n3cnc4c(NC5CC5c5ccccc5)nc(C#Cc5cccc(F)c5)nc43)C2(O)C1O. The van der Waals surface area contributed by atoms with Crippen LogP contribution in [0.1, 0.15) is 48.7 Å². The third kappa shape index (κ3) is 3.99. The van der Waals surface area contributed by atoms with Crippen molar-refractivity contribution in [3.8, 4) is 11.8 Å². The molecule has 3 aliphatic rings. The fourth-order valence-electron chi connectivity index (χ4n) is 6.65. The number of halogens is 1. The van der Waals surface area contributed by atoms with Gasteiger partial charge in [-0.1, -0.05) is 42.3 Å². The lowest BCUT2D eigenvalue weighted by atomic mass is 9.80. The molecular weight excluding hydrogens is 523 g/mol. The van der Waals surface area contributed by atoms with E-state index in [-0.39, 0.29) is 29.5 Å². The molecule has 9 nitrogen and oxygen atoms in total. The Kier molecular flexibility index (Phi) is 5.68. The number of fused-ring (bicyclic) bond motifs is 2. The lowest BCUT2D eigenvalue weighted by Crippen LogP contribution is -2.49. The van der Waals surface area contributed by atoms with E-state index in [4.69, 9.17) is 0 Å². The van der Waals surface area contributed by atoms with E-state index in [9.17, 15) is 19.4 Å². The first-order valence-corrected chi connectivity index (χ1v) is 13.7. The average Bonchev–Trinajstić information content (AvgIpc) is 3.79. The summed E-state index contributed by atoms with van der Waals surface area (Å²) in [4.78, 5) is 26.5. The van der Waals surface area contributed by atoms with Gasteiger partial charge in [-0.25, -0.2) is 19.3 Å². The summed E-state index contributed by atoms with van der Waals surface area (Å²) in [5, 5.41) is 28.8. The van der Waals surface area contributed by atoms with Crippen LogP contribution in [0.25, 0.3) is 11.2 Å². The Hall–Kier alpha value is -4.33. The topological polar surface area (TPSA) is 125 Å². The number of amides is 1. The normalized spacial score (nSPS) is 31.2. The molecule has 7 unspecified atom stereocenters. The average molecular weight is 553 g/mol. The van der Waals surface area contributed by atoms with Crippen LogP contribution in [0.4, 0.5) is 10.2 Å². The summed E-state index contributed by atoms with van der Waals surface area (Å²) in [6.45, 7) is 1.67. The highest BCUT2D eigenvalue weighted by molar-refractivity contribution is 5.85. The molecule has 3 saturated carbocycles. The molecular formula is C31H29FN6O3. The predicted octanol–water partition coefficient (Wildman–Crippen LogP) is 2.75. The second-order valence-electron chi connectivity index (χ2n) is 11.5. The summed E-state index contributed by atoms with van der Waals surface area (Å²) in [6.07, 6.45) is 1.60.